The van der Waals surface area contributed by atoms with Crippen LogP contribution in [0.1, 0.15) is 113 Å². The minimum atomic E-state index is -0.557. The van der Waals surface area contributed by atoms with Crippen molar-refractivity contribution in [2.75, 3.05) is 7.11 Å². The number of fused-ring (bicyclic) bond motifs is 4. The maximum Gasteiger partial charge on any atom is 0.312 e. The topological polar surface area (TPSA) is 91.4 Å². The Labute approximate surface area is 252 Å². The number of allylic oxidation sites excluding steroid dienone is 2. The lowest BCUT2D eigenvalue weighted by molar-refractivity contribution is -0.203. The molecule has 0 spiro atoms. The van der Waals surface area contributed by atoms with E-state index in [0.29, 0.717) is 12.8 Å². The standard InChI is InChI=1S/C35H52O7/c1-21-11-12-26-31(6,7)28(41-23(3)37)25(40-22(2)36)19-32(26,8)24(21)13-14-35-27-20-30(4,5)15-17-34(27,29(38)39-10)18-16-33(35,9)42-35/h13,25-28H,1,11-12,14-20H2,2-10H3/b24-13+/t25-,26+,27-,28+,32-,33-,34+,35+/m1/s1. The van der Waals surface area contributed by atoms with Crippen LogP contribution in [0, 0.1) is 33.5 Å². The van der Waals surface area contributed by atoms with E-state index in [4.69, 9.17) is 18.9 Å². The molecule has 5 fully saturated rings. The minimum absolute atomic E-state index is 0.0715. The molecule has 7 heteroatoms. The van der Waals surface area contributed by atoms with E-state index in [9.17, 15) is 14.4 Å². The third-order valence-electron chi connectivity index (χ3n) is 12.4. The average molecular weight is 585 g/mol. The lowest BCUT2D eigenvalue weighted by Crippen LogP contribution is -2.60. The van der Waals surface area contributed by atoms with Crippen LogP contribution in [-0.2, 0) is 33.3 Å². The molecule has 4 saturated carbocycles. The van der Waals surface area contributed by atoms with E-state index in [1.807, 2.05) is 0 Å². The quantitative estimate of drug-likeness (QED) is 0.198. The maximum atomic E-state index is 13.5. The van der Waals surface area contributed by atoms with Crippen molar-refractivity contribution in [3.8, 4) is 0 Å². The lowest BCUT2D eigenvalue weighted by atomic mass is 9.47. The van der Waals surface area contributed by atoms with Crippen molar-refractivity contribution in [2.45, 2.75) is 137 Å². The number of hydrogen-bond acceptors (Lipinski definition) is 7. The SMILES string of the molecule is C=C1CC[C@H]2C(C)(C)[C@@H](OC(C)=O)[C@H](OC(C)=O)C[C@]2(C)/C1=C/C[C@@]12O[C@]1(C)CC[C@@]1(C(=O)OC)CCC(C)(C)C[C@H]12. The zero-order chi connectivity index (χ0) is 31.1. The summed E-state index contributed by atoms with van der Waals surface area (Å²) in [6, 6.07) is 0. The molecule has 1 heterocycles. The molecule has 0 unspecified atom stereocenters. The molecule has 0 bridgehead atoms. The second kappa shape index (κ2) is 9.93. The van der Waals surface area contributed by atoms with Gasteiger partial charge in [-0.2, -0.15) is 0 Å². The van der Waals surface area contributed by atoms with E-state index in [1.54, 1.807) is 0 Å². The van der Waals surface area contributed by atoms with Gasteiger partial charge < -0.3 is 18.9 Å². The summed E-state index contributed by atoms with van der Waals surface area (Å²) in [5.41, 5.74) is 0.428. The Morgan fingerprint density at radius 3 is 2.19 bits per heavy atom. The van der Waals surface area contributed by atoms with Gasteiger partial charge >= 0.3 is 17.9 Å². The van der Waals surface area contributed by atoms with Gasteiger partial charge in [0.15, 0.2) is 0 Å². The van der Waals surface area contributed by atoms with Crippen LogP contribution in [0.2, 0.25) is 0 Å². The van der Waals surface area contributed by atoms with Crippen LogP contribution >= 0.6 is 0 Å². The first-order chi connectivity index (χ1) is 19.4. The molecule has 1 saturated heterocycles. The van der Waals surface area contributed by atoms with Gasteiger partial charge in [0.1, 0.15) is 17.8 Å². The molecule has 42 heavy (non-hydrogen) atoms. The van der Waals surface area contributed by atoms with Crippen molar-refractivity contribution >= 4 is 17.9 Å². The zero-order valence-corrected chi connectivity index (χ0v) is 27.3. The Hall–Kier alpha value is -2.15. The summed E-state index contributed by atoms with van der Waals surface area (Å²) in [6.07, 6.45) is 8.70. The highest BCUT2D eigenvalue weighted by atomic mass is 16.6. The van der Waals surface area contributed by atoms with Crippen LogP contribution in [-0.4, -0.2) is 48.4 Å². The number of ether oxygens (including phenoxy) is 4. The first-order valence-electron chi connectivity index (χ1n) is 15.9. The maximum absolute atomic E-state index is 13.5. The van der Waals surface area contributed by atoms with Gasteiger partial charge in [-0.1, -0.05) is 52.8 Å². The number of carbonyl (C=O) groups excluding carboxylic acids is 3. The normalized spacial score (nSPS) is 44.2. The minimum Gasteiger partial charge on any atom is -0.469 e. The van der Waals surface area contributed by atoms with E-state index in [2.05, 4.69) is 54.2 Å². The molecule has 234 valence electrons. The predicted octanol–water partition coefficient (Wildman–Crippen LogP) is 6.88. The average Bonchev–Trinajstić information content (AvgIpc) is 3.50. The van der Waals surface area contributed by atoms with Crippen LogP contribution in [0.25, 0.3) is 0 Å². The molecule has 8 atom stereocenters. The number of esters is 3. The van der Waals surface area contributed by atoms with Gasteiger partial charge in [-0.15, -0.1) is 0 Å². The molecule has 0 aromatic carbocycles. The van der Waals surface area contributed by atoms with Gasteiger partial charge in [-0.25, -0.2) is 0 Å². The van der Waals surface area contributed by atoms with Crippen LogP contribution < -0.4 is 0 Å². The van der Waals surface area contributed by atoms with Gasteiger partial charge in [0.2, 0.25) is 0 Å². The zero-order valence-electron chi connectivity index (χ0n) is 27.3. The molecule has 0 radical (unpaired) electrons. The molecular formula is C35H52O7. The Morgan fingerprint density at radius 2 is 1.57 bits per heavy atom. The summed E-state index contributed by atoms with van der Waals surface area (Å²) in [6.45, 7) is 20.7. The monoisotopic (exact) mass is 584 g/mol. The summed E-state index contributed by atoms with van der Waals surface area (Å²) in [4.78, 5) is 37.8. The largest absolute Gasteiger partial charge is 0.469 e. The highest BCUT2D eigenvalue weighted by Crippen LogP contribution is 2.72. The Bertz CT molecular complexity index is 1210. The second-order valence-electron chi connectivity index (χ2n) is 15.9. The van der Waals surface area contributed by atoms with Gasteiger partial charge in [0, 0.05) is 25.2 Å². The third-order valence-corrected chi connectivity index (χ3v) is 12.4. The fraction of sp³-hybridized carbons (Fsp3) is 0.800. The lowest BCUT2D eigenvalue weighted by Gasteiger charge is -2.59. The molecule has 5 aliphatic rings. The number of rotatable bonds is 5. The Kier molecular flexibility index (Phi) is 7.40. The van der Waals surface area contributed by atoms with Crippen molar-refractivity contribution in [2.24, 2.45) is 33.5 Å². The molecule has 0 aromatic rings. The molecule has 0 aromatic heterocycles. The highest BCUT2D eigenvalue weighted by Gasteiger charge is 2.78. The first-order valence-corrected chi connectivity index (χ1v) is 15.9. The van der Waals surface area contributed by atoms with Gasteiger partial charge in [0.25, 0.3) is 0 Å². The second-order valence-corrected chi connectivity index (χ2v) is 15.9. The van der Waals surface area contributed by atoms with Crippen molar-refractivity contribution in [1.29, 1.82) is 0 Å². The third kappa shape index (κ3) is 4.59. The van der Waals surface area contributed by atoms with Gasteiger partial charge in [0.05, 0.1) is 18.1 Å². The smallest absolute Gasteiger partial charge is 0.312 e. The predicted molar refractivity (Wildman–Crippen MR) is 159 cm³/mol. The van der Waals surface area contributed by atoms with Crippen LogP contribution in [0.3, 0.4) is 0 Å². The highest BCUT2D eigenvalue weighted by molar-refractivity contribution is 5.78. The summed E-state index contributed by atoms with van der Waals surface area (Å²) in [7, 11) is 1.52. The molecule has 7 nitrogen and oxygen atoms in total. The van der Waals surface area contributed by atoms with Crippen molar-refractivity contribution < 1.29 is 33.3 Å². The Morgan fingerprint density at radius 1 is 0.929 bits per heavy atom. The fourth-order valence-electron chi connectivity index (χ4n) is 10.4. The molecule has 4 aliphatic carbocycles. The van der Waals surface area contributed by atoms with Crippen molar-refractivity contribution in [3.63, 3.8) is 0 Å². The van der Waals surface area contributed by atoms with E-state index < -0.39 is 28.6 Å². The number of carbonyl (C=O) groups is 3. The Balaban J connectivity index is 1.54. The van der Waals surface area contributed by atoms with E-state index in [-0.39, 0.29) is 46.2 Å². The van der Waals surface area contributed by atoms with Gasteiger partial charge in [-0.05, 0) is 87.0 Å². The van der Waals surface area contributed by atoms with E-state index in [0.717, 1.165) is 50.5 Å². The van der Waals surface area contributed by atoms with Gasteiger partial charge in [-0.3, -0.25) is 14.4 Å². The summed E-state index contributed by atoms with van der Waals surface area (Å²) >= 11 is 0. The van der Waals surface area contributed by atoms with Crippen LogP contribution in [0.5, 0.6) is 0 Å². The summed E-state index contributed by atoms with van der Waals surface area (Å²) < 4.78 is 24.0. The van der Waals surface area contributed by atoms with E-state index in [1.165, 1.54) is 26.5 Å². The molecule has 0 amide bonds. The number of hydrogen-bond donors (Lipinski definition) is 0. The molecule has 1 aliphatic heterocycles. The van der Waals surface area contributed by atoms with Crippen LogP contribution in [0.15, 0.2) is 23.8 Å². The molecule has 5 rings (SSSR count). The first kappa shape index (κ1) is 31.3. The molecule has 0 N–H and O–H groups in total. The summed E-state index contributed by atoms with van der Waals surface area (Å²) in [5.74, 6) is -0.567. The van der Waals surface area contributed by atoms with Crippen molar-refractivity contribution in [3.05, 3.63) is 23.8 Å². The molecular weight excluding hydrogens is 532 g/mol. The van der Waals surface area contributed by atoms with Crippen LogP contribution in [0.4, 0.5) is 0 Å². The number of epoxide rings is 1. The van der Waals surface area contributed by atoms with E-state index >= 15 is 0 Å². The fourth-order valence-corrected chi connectivity index (χ4v) is 10.4. The number of methoxy groups -OCH3 is 1. The summed E-state index contributed by atoms with van der Waals surface area (Å²) in [5, 5.41) is 0. The van der Waals surface area contributed by atoms with Crippen molar-refractivity contribution in [1.82, 2.24) is 0 Å².